The van der Waals surface area contributed by atoms with Gasteiger partial charge < -0.3 is 10.1 Å². The van der Waals surface area contributed by atoms with Crippen molar-refractivity contribution in [1.29, 1.82) is 0 Å². The van der Waals surface area contributed by atoms with E-state index >= 15 is 0 Å². The number of aliphatic imine (C=N–C) groups is 1. The number of benzene rings is 1. The van der Waals surface area contributed by atoms with Crippen molar-refractivity contribution >= 4 is 38.5 Å². The van der Waals surface area contributed by atoms with Crippen LogP contribution in [0.2, 0.25) is 0 Å². The molecule has 1 aromatic carbocycles. The van der Waals surface area contributed by atoms with E-state index in [1.165, 1.54) is 25.7 Å². The number of methoxy groups -OCH3 is 1. The van der Waals surface area contributed by atoms with Crippen molar-refractivity contribution in [3.8, 4) is 5.75 Å². The van der Waals surface area contributed by atoms with Crippen molar-refractivity contribution in [3.05, 3.63) is 22.7 Å². The van der Waals surface area contributed by atoms with Gasteiger partial charge in [0.15, 0.2) is 5.17 Å². The molecule has 1 N–H and O–H groups in total. The zero-order chi connectivity index (χ0) is 13.3. The maximum absolute atomic E-state index is 5.24. The summed E-state index contributed by atoms with van der Waals surface area (Å²) in [5, 5.41) is 4.47. The topological polar surface area (TPSA) is 33.6 Å². The fourth-order valence-electron chi connectivity index (χ4n) is 2.70. The molecule has 0 radical (unpaired) electrons. The fraction of sp³-hybridized carbons (Fsp3) is 0.500. The second-order valence-corrected chi connectivity index (χ2v) is 6.93. The van der Waals surface area contributed by atoms with Crippen LogP contribution in [0.4, 0.5) is 5.69 Å². The number of nitrogens with zero attached hydrogens (tertiary/aromatic N) is 1. The summed E-state index contributed by atoms with van der Waals surface area (Å²) in [6.45, 7) is 0. The van der Waals surface area contributed by atoms with E-state index in [0.29, 0.717) is 0 Å². The first-order valence-electron chi connectivity index (χ1n) is 6.54. The van der Waals surface area contributed by atoms with Crippen LogP contribution in [0, 0.1) is 0 Å². The Labute approximate surface area is 126 Å². The van der Waals surface area contributed by atoms with Crippen LogP contribution in [-0.2, 0) is 0 Å². The van der Waals surface area contributed by atoms with Crippen LogP contribution in [0.25, 0.3) is 0 Å². The van der Waals surface area contributed by atoms with Crippen molar-refractivity contribution in [2.24, 2.45) is 4.99 Å². The summed E-state index contributed by atoms with van der Waals surface area (Å²) in [6, 6.07) is 6.01. The highest BCUT2D eigenvalue weighted by Gasteiger charge is 2.38. The van der Waals surface area contributed by atoms with Gasteiger partial charge in [0, 0.05) is 11.4 Å². The molecule has 1 saturated carbocycles. The van der Waals surface area contributed by atoms with Gasteiger partial charge in [-0.1, -0.05) is 24.6 Å². The number of anilines is 1. The van der Waals surface area contributed by atoms with Crippen LogP contribution in [0.1, 0.15) is 25.7 Å². The van der Waals surface area contributed by atoms with Crippen LogP contribution in [0.3, 0.4) is 0 Å². The lowest BCUT2D eigenvalue weighted by Crippen LogP contribution is -2.21. The molecule has 0 amide bonds. The number of halogens is 1. The van der Waals surface area contributed by atoms with Gasteiger partial charge in [0.25, 0.3) is 0 Å². The first-order chi connectivity index (χ1) is 9.21. The highest BCUT2D eigenvalue weighted by Crippen LogP contribution is 2.41. The number of hydrogen-bond donors (Lipinski definition) is 1. The second kappa shape index (κ2) is 5.37. The van der Waals surface area contributed by atoms with Gasteiger partial charge in [0.05, 0.1) is 17.1 Å². The third-order valence-corrected chi connectivity index (χ3v) is 5.52. The Morgan fingerprint density at radius 1 is 1.37 bits per heavy atom. The minimum Gasteiger partial charge on any atom is -0.496 e. The summed E-state index contributed by atoms with van der Waals surface area (Å²) in [5.74, 6) is 1.98. The molecule has 2 aliphatic rings. The Morgan fingerprint density at radius 3 is 2.84 bits per heavy atom. The van der Waals surface area contributed by atoms with E-state index in [1.54, 1.807) is 7.11 Å². The summed E-state index contributed by atoms with van der Waals surface area (Å²) >= 11 is 5.35. The molecule has 0 aromatic heterocycles. The number of thioether (sulfide) groups is 1. The van der Waals surface area contributed by atoms with Crippen LogP contribution < -0.4 is 10.1 Å². The molecule has 1 spiro atoms. The van der Waals surface area contributed by atoms with E-state index < -0.39 is 0 Å². The Hall–Kier alpha value is -0.680. The molecule has 0 atom stereocenters. The molecule has 1 aliphatic heterocycles. The molecule has 0 saturated heterocycles. The van der Waals surface area contributed by atoms with Gasteiger partial charge in [-0.15, -0.1) is 0 Å². The zero-order valence-electron chi connectivity index (χ0n) is 10.9. The maximum Gasteiger partial charge on any atom is 0.161 e. The minimum atomic E-state index is 0.233. The summed E-state index contributed by atoms with van der Waals surface area (Å²) in [7, 11) is 1.67. The maximum atomic E-state index is 5.24. The first kappa shape index (κ1) is 13.3. The van der Waals surface area contributed by atoms with Gasteiger partial charge in [-0.05, 0) is 47.0 Å². The Bertz CT molecular complexity index is 512. The lowest BCUT2D eigenvalue weighted by Gasteiger charge is -2.16. The van der Waals surface area contributed by atoms with Crippen molar-refractivity contribution in [3.63, 3.8) is 0 Å². The molecule has 19 heavy (non-hydrogen) atoms. The summed E-state index contributed by atoms with van der Waals surface area (Å²) in [6.07, 6.45) is 5.14. The molecular formula is C14H17BrN2OS. The van der Waals surface area contributed by atoms with Gasteiger partial charge in [-0.25, -0.2) is 0 Å². The van der Waals surface area contributed by atoms with Gasteiger partial charge in [-0.2, -0.15) is 0 Å². The lowest BCUT2D eigenvalue weighted by molar-refractivity contribution is 0.412. The number of rotatable bonds is 2. The zero-order valence-corrected chi connectivity index (χ0v) is 13.3. The van der Waals surface area contributed by atoms with Gasteiger partial charge in [-0.3, -0.25) is 4.99 Å². The van der Waals surface area contributed by atoms with Gasteiger partial charge in [0.1, 0.15) is 5.75 Å². The van der Waals surface area contributed by atoms with E-state index in [2.05, 4.69) is 21.2 Å². The largest absolute Gasteiger partial charge is 0.496 e. The highest BCUT2D eigenvalue weighted by molar-refractivity contribution is 9.10. The minimum absolute atomic E-state index is 0.233. The van der Waals surface area contributed by atoms with Gasteiger partial charge in [0.2, 0.25) is 0 Å². The van der Waals surface area contributed by atoms with Gasteiger partial charge >= 0.3 is 0 Å². The molecule has 1 aliphatic carbocycles. The summed E-state index contributed by atoms with van der Waals surface area (Å²) < 4.78 is 6.19. The van der Waals surface area contributed by atoms with E-state index in [1.807, 2.05) is 30.0 Å². The molecule has 1 heterocycles. The van der Waals surface area contributed by atoms with E-state index in [-0.39, 0.29) is 5.54 Å². The van der Waals surface area contributed by atoms with Crippen LogP contribution in [0.15, 0.2) is 27.7 Å². The Balaban J connectivity index is 1.73. The molecule has 3 rings (SSSR count). The number of amidine groups is 1. The first-order valence-corrected chi connectivity index (χ1v) is 8.32. The molecule has 5 heteroatoms. The number of hydrogen-bond acceptors (Lipinski definition) is 4. The summed E-state index contributed by atoms with van der Waals surface area (Å²) in [4.78, 5) is 4.91. The second-order valence-electron chi connectivity index (χ2n) is 5.11. The quantitative estimate of drug-likeness (QED) is 0.871. The SMILES string of the molecule is COc1ccc(NC2=NC3(CCCC3)CS2)cc1Br. The smallest absolute Gasteiger partial charge is 0.161 e. The monoisotopic (exact) mass is 340 g/mol. The van der Waals surface area contributed by atoms with Crippen LogP contribution in [0.5, 0.6) is 5.75 Å². The molecule has 3 nitrogen and oxygen atoms in total. The van der Waals surface area contributed by atoms with Crippen LogP contribution >= 0.6 is 27.7 Å². The van der Waals surface area contributed by atoms with Crippen LogP contribution in [-0.4, -0.2) is 23.6 Å². The summed E-state index contributed by atoms with van der Waals surface area (Å²) in [5.41, 5.74) is 1.28. The average molecular weight is 341 g/mol. The molecular weight excluding hydrogens is 324 g/mol. The van der Waals surface area contributed by atoms with Crippen molar-refractivity contribution < 1.29 is 4.74 Å². The van der Waals surface area contributed by atoms with E-state index in [4.69, 9.17) is 9.73 Å². The molecule has 1 aromatic rings. The standard InChI is InChI=1S/C14H17BrN2OS/c1-18-12-5-4-10(8-11(12)15)16-13-17-14(9-19-13)6-2-3-7-14/h4-5,8H,2-3,6-7,9H2,1H3,(H,16,17). The number of nitrogens with one attached hydrogen (secondary N) is 1. The fourth-order valence-corrected chi connectivity index (χ4v) is 4.45. The third kappa shape index (κ3) is 2.77. The third-order valence-electron chi connectivity index (χ3n) is 3.75. The molecule has 0 unspecified atom stereocenters. The lowest BCUT2D eigenvalue weighted by atomic mass is 10.0. The van der Waals surface area contributed by atoms with E-state index in [9.17, 15) is 0 Å². The Kier molecular flexibility index (Phi) is 3.76. The Morgan fingerprint density at radius 2 is 2.16 bits per heavy atom. The highest BCUT2D eigenvalue weighted by atomic mass is 79.9. The van der Waals surface area contributed by atoms with Crippen molar-refractivity contribution in [2.45, 2.75) is 31.2 Å². The van der Waals surface area contributed by atoms with Crippen molar-refractivity contribution in [1.82, 2.24) is 0 Å². The van der Waals surface area contributed by atoms with E-state index in [0.717, 1.165) is 26.8 Å². The predicted octanol–water partition coefficient (Wildman–Crippen LogP) is 4.29. The average Bonchev–Trinajstić information content (AvgIpc) is 3.01. The molecule has 0 bridgehead atoms. The van der Waals surface area contributed by atoms with Crippen molar-refractivity contribution in [2.75, 3.05) is 18.2 Å². The molecule has 1 fully saturated rings. The normalized spacial score (nSPS) is 20.6. The molecule has 102 valence electrons. The predicted molar refractivity (Wildman–Crippen MR) is 85.4 cm³/mol. The number of ether oxygens (including phenoxy) is 1.